The third-order valence-corrected chi connectivity index (χ3v) is 4.46. The first kappa shape index (κ1) is 18.3. The standard InChI is InChI=1S/C16H27ClN2O4/c1-16(2,3)23-15(21)18-9-6-12(7-10-18)19-8-4-5-13(19)14(20)22-11-17/h12-13H,4-11H2,1-3H3. The molecule has 1 amide bonds. The van der Waals surface area contributed by atoms with Crippen LogP contribution in [0.15, 0.2) is 0 Å². The second kappa shape index (κ2) is 7.71. The molecule has 1 atom stereocenters. The Morgan fingerprint density at radius 1 is 1.13 bits per heavy atom. The van der Waals surface area contributed by atoms with Gasteiger partial charge >= 0.3 is 12.1 Å². The van der Waals surface area contributed by atoms with E-state index in [2.05, 4.69) is 4.90 Å². The number of likely N-dealkylation sites (tertiary alicyclic amines) is 2. The van der Waals surface area contributed by atoms with Crippen molar-refractivity contribution in [3.8, 4) is 0 Å². The molecule has 2 fully saturated rings. The van der Waals surface area contributed by atoms with E-state index in [1.807, 2.05) is 20.8 Å². The molecule has 1 unspecified atom stereocenters. The van der Waals surface area contributed by atoms with Crippen LogP contribution in [0.4, 0.5) is 4.79 Å². The lowest BCUT2D eigenvalue weighted by Gasteiger charge is -2.38. The monoisotopic (exact) mass is 346 g/mol. The number of esters is 1. The topological polar surface area (TPSA) is 59.1 Å². The molecule has 0 bridgehead atoms. The van der Waals surface area contributed by atoms with Gasteiger partial charge in [-0.3, -0.25) is 9.69 Å². The molecule has 2 heterocycles. The van der Waals surface area contributed by atoms with Crippen LogP contribution in [0.3, 0.4) is 0 Å². The molecule has 23 heavy (non-hydrogen) atoms. The molecular formula is C16H27ClN2O4. The average molecular weight is 347 g/mol. The van der Waals surface area contributed by atoms with Gasteiger partial charge in [0.05, 0.1) is 0 Å². The van der Waals surface area contributed by atoms with Crippen LogP contribution in [0.2, 0.25) is 0 Å². The van der Waals surface area contributed by atoms with Crippen molar-refractivity contribution in [3.05, 3.63) is 0 Å². The fourth-order valence-electron chi connectivity index (χ4n) is 3.34. The molecule has 0 aromatic heterocycles. The molecule has 0 aromatic carbocycles. The average Bonchev–Trinajstić information content (AvgIpc) is 2.95. The fraction of sp³-hybridized carbons (Fsp3) is 0.875. The Hall–Kier alpha value is -1.01. The Labute approximate surface area is 143 Å². The first-order valence-corrected chi connectivity index (χ1v) is 8.81. The maximum absolute atomic E-state index is 12.1. The van der Waals surface area contributed by atoms with Gasteiger partial charge in [0, 0.05) is 19.1 Å². The smallest absolute Gasteiger partial charge is 0.410 e. The summed E-state index contributed by atoms with van der Waals surface area (Å²) < 4.78 is 10.4. The molecule has 0 aromatic rings. The molecule has 6 nitrogen and oxygen atoms in total. The van der Waals surface area contributed by atoms with Gasteiger partial charge in [-0.25, -0.2) is 4.79 Å². The number of ether oxygens (including phenoxy) is 2. The molecule has 0 spiro atoms. The lowest BCUT2D eigenvalue weighted by Crippen LogP contribution is -2.50. The number of piperidine rings is 1. The molecule has 0 aliphatic carbocycles. The third kappa shape index (κ3) is 4.98. The van der Waals surface area contributed by atoms with E-state index in [1.165, 1.54) is 0 Å². The number of hydrogen-bond acceptors (Lipinski definition) is 5. The number of amides is 1. The summed E-state index contributed by atoms with van der Waals surface area (Å²) in [4.78, 5) is 28.1. The van der Waals surface area contributed by atoms with Crippen molar-refractivity contribution in [1.29, 1.82) is 0 Å². The van der Waals surface area contributed by atoms with Crippen LogP contribution < -0.4 is 0 Å². The molecule has 2 saturated heterocycles. The molecule has 0 N–H and O–H groups in total. The largest absolute Gasteiger partial charge is 0.448 e. The first-order chi connectivity index (χ1) is 10.8. The van der Waals surface area contributed by atoms with Crippen LogP contribution >= 0.6 is 11.6 Å². The summed E-state index contributed by atoms with van der Waals surface area (Å²) >= 11 is 5.50. The molecule has 2 rings (SSSR count). The van der Waals surface area contributed by atoms with Gasteiger partial charge in [-0.15, -0.1) is 0 Å². The second-order valence-electron chi connectivity index (χ2n) is 7.17. The van der Waals surface area contributed by atoms with Crippen LogP contribution in [0, 0.1) is 0 Å². The van der Waals surface area contributed by atoms with Crippen LogP contribution in [0.5, 0.6) is 0 Å². The van der Waals surface area contributed by atoms with E-state index in [1.54, 1.807) is 4.90 Å². The molecule has 2 aliphatic rings. The summed E-state index contributed by atoms with van der Waals surface area (Å²) in [5.74, 6) is -0.230. The zero-order chi connectivity index (χ0) is 17.0. The van der Waals surface area contributed by atoms with E-state index in [0.717, 1.165) is 32.2 Å². The molecule has 2 aliphatic heterocycles. The number of carbonyl (C=O) groups excluding carboxylic acids is 2. The summed E-state index contributed by atoms with van der Waals surface area (Å²) in [6.07, 6.45) is 3.26. The lowest BCUT2D eigenvalue weighted by atomic mass is 10.0. The van der Waals surface area contributed by atoms with Crippen molar-refractivity contribution in [2.24, 2.45) is 0 Å². The van der Waals surface area contributed by atoms with Crippen molar-refractivity contribution >= 4 is 23.7 Å². The van der Waals surface area contributed by atoms with Gasteiger partial charge in [-0.2, -0.15) is 0 Å². The number of rotatable bonds is 3. The van der Waals surface area contributed by atoms with E-state index in [-0.39, 0.29) is 24.2 Å². The van der Waals surface area contributed by atoms with Crippen LogP contribution in [-0.2, 0) is 14.3 Å². The number of carbonyl (C=O) groups is 2. The molecule has 132 valence electrons. The van der Waals surface area contributed by atoms with Gasteiger partial charge in [0.15, 0.2) is 6.07 Å². The van der Waals surface area contributed by atoms with E-state index in [0.29, 0.717) is 19.1 Å². The summed E-state index contributed by atoms with van der Waals surface area (Å²) in [7, 11) is 0. The summed E-state index contributed by atoms with van der Waals surface area (Å²) in [6.45, 7) is 7.83. The van der Waals surface area contributed by atoms with Gasteiger partial charge in [0.25, 0.3) is 0 Å². The van der Waals surface area contributed by atoms with Crippen LogP contribution in [0.1, 0.15) is 46.5 Å². The van der Waals surface area contributed by atoms with Crippen molar-refractivity contribution in [3.63, 3.8) is 0 Å². The highest BCUT2D eigenvalue weighted by Gasteiger charge is 2.38. The minimum absolute atomic E-state index is 0.0970. The number of nitrogens with zero attached hydrogens (tertiary/aromatic N) is 2. The van der Waals surface area contributed by atoms with Crippen molar-refractivity contribution in [1.82, 2.24) is 9.80 Å². The lowest BCUT2D eigenvalue weighted by molar-refractivity contribution is -0.148. The molecule has 0 radical (unpaired) electrons. The number of alkyl halides is 1. The van der Waals surface area contributed by atoms with Crippen molar-refractivity contribution in [2.45, 2.75) is 64.1 Å². The predicted molar refractivity (Wildman–Crippen MR) is 87.4 cm³/mol. The van der Waals surface area contributed by atoms with Crippen molar-refractivity contribution < 1.29 is 19.1 Å². The van der Waals surface area contributed by atoms with E-state index >= 15 is 0 Å². The summed E-state index contributed by atoms with van der Waals surface area (Å²) in [5, 5.41) is 0. The van der Waals surface area contributed by atoms with Gasteiger partial charge in [0.2, 0.25) is 0 Å². The maximum Gasteiger partial charge on any atom is 0.410 e. The van der Waals surface area contributed by atoms with E-state index in [9.17, 15) is 9.59 Å². The predicted octanol–water partition coefficient (Wildman–Crippen LogP) is 2.59. The van der Waals surface area contributed by atoms with Gasteiger partial charge in [-0.1, -0.05) is 11.6 Å². The minimum Gasteiger partial charge on any atom is -0.448 e. The molecule has 0 saturated carbocycles. The Bertz CT molecular complexity index is 430. The van der Waals surface area contributed by atoms with Crippen molar-refractivity contribution in [2.75, 3.05) is 25.7 Å². The Kier molecular flexibility index (Phi) is 6.14. The summed E-state index contributed by atoms with van der Waals surface area (Å²) in [6, 6.07) is 0.0242. The second-order valence-corrected chi connectivity index (χ2v) is 7.39. The van der Waals surface area contributed by atoms with Gasteiger partial charge in [-0.05, 0) is 53.0 Å². The summed E-state index contributed by atoms with van der Waals surface area (Å²) in [5.41, 5.74) is -0.473. The normalized spacial score (nSPS) is 23.8. The Morgan fingerprint density at radius 3 is 2.35 bits per heavy atom. The molecule has 7 heteroatoms. The first-order valence-electron chi connectivity index (χ1n) is 8.28. The maximum atomic E-state index is 12.1. The minimum atomic E-state index is -0.473. The Morgan fingerprint density at radius 2 is 1.78 bits per heavy atom. The number of hydrogen-bond donors (Lipinski definition) is 0. The highest BCUT2D eigenvalue weighted by atomic mass is 35.5. The van der Waals surface area contributed by atoms with E-state index < -0.39 is 5.60 Å². The van der Waals surface area contributed by atoms with Gasteiger partial charge in [0.1, 0.15) is 11.6 Å². The van der Waals surface area contributed by atoms with Crippen LogP contribution in [-0.4, -0.2) is 65.2 Å². The third-order valence-electron chi connectivity index (χ3n) is 4.35. The Balaban J connectivity index is 1.86. The zero-order valence-electron chi connectivity index (χ0n) is 14.2. The SMILES string of the molecule is CC(C)(C)OC(=O)N1CCC(N2CCCC2C(=O)OCCl)CC1. The van der Waals surface area contributed by atoms with Gasteiger partial charge < -0.3 is 14.4 Å². The zero-order valence-corrected chi connectivity index (χ0v) is 15.0. The van der Waals surface area contributed by atoms with Crippen LogP contribution in [0.25, 0.3) is 0 Å². The number of halogens is 1. The highest BCUT2D eigenvalue weighted by Crippen LogP contribution is 2.27. The molecular weight excluding hydrogens is 320 g/mol. The highest BCUT2D eigenvalue weighted by molar-refractivity contribution is 6.17. The van der Waals surface area contributed by atoms with E-state index in [4.69, 9.17) is 21.1 Å². The quantitative estimate of drug-likeness (QED) is 0.580. The fourth-order valence-corrected chi connectivity index (χ4v) is 3.44.